The van der Waals surface area contributed by atoms with Crippen LogP contribution in [0.5, 0.6) is 0 Å². The summed E-state index contributed by atoms with van der Waals surface area (Å²) in [6.45, 7) is 7.82. The number of esters is 1. The molecule has 78 valence electrons. The summed E-state index contributed by atoms with van der Waals surface area (Å²) in [6.07, 6.45) is 0. The molecule has 0 aromatic carbocycles. The Labute approximate surface area is 83.9 Å². The van der Waals surface area contributed by atoms with E-state index in [1.807, 2.05) is 19.9 Å². The average molecular weight is 196 g/mol. The van der Waals surface area contributed by atoms with Gasteiger partial charge in [-0.1, -0.05) is 0 Å². The van der Waals surface area contributed by atoms with E-state index in [0.717, 1.165) is 11.4 Å². The van der Waals surface area contributed by atoms with Gasteiger partial charge < -0.3 is 4.74 Å². The van der Waals surface area contributed by atoms with Crippen molar-refractivity contribution in [2.75, 3.05) is 6.61 Å². The van der Waals surface area contributed by atoms with Gasteiger partial charge in [-0.25, -0.2) is 4.79 Å². The maximum atomic E-state index is 11.4. The summed E-state index contributed by atoms with van der Waals surface area (Å²) in [5, 5.41) is 4.23. The van der Waals surface area contributed by atoms with Crippen LogP contribution in [0.1, 0.15) is 31.3 Å². The van der Waals surface area contributed by atoms with E-state index >= 15 is 0 Å². The highest BCUT2D eigenvalue weighted by atomic mass is 16.5. The molecule has 0 fully saturated rings. The van der Waals surface area contributed by atoms with Crippen molar-refractivity contribution in [1.82, 2.24) is 9.78 Å². The maximum absolute atomic E-state index is 11.4. The first-order valence-corrected chi connectivity index (χ1v) is 4.75. The molecule has 0 amide bonds. The largest absolute Gasteiger partial charge is 0.464 e. The van der Waals surface area contributed by atoms with Gasteiger partial charge in [-0.3, -0.25) is 4.68 Å². The molecule has 0 unspecified atom stereocenters. The van der Waals surface area contributed by atoms with Gasteiger partial charge in [0.2, 0.25) is 0 Å². The lowest BCUT2D eigenvalue weighted by molar-refractivity contribution is -0.146. The topological polar surface area (TPSA) is 44.1 Å². The first-order valence-electron chi connectivity index (χ1n) is 4.75. The second-order valence-electron chi connectivity index (χ2n) is 3.30. The van der Waals surface area contributed by atoms with E-state index in [2.05, 4.69) is 5.10 Å². The number of hydrogen-bond donors (Lipinski definition) is 0. The molecule has 14 heavy (non-hydrogen) atoms. The number of aryl methyl sites for hydroxylation is 2. The SMILES string of the molecule is CCOC(=O)[C@@H](C)n1nc(C)cc1C. The highest BCUT2D eigenvalue weighted by Crippen LogP contribution is 2.11. The van der Waals surface area contributed by atoms with Crippen molar-refractivity contribution < 1.29 is 9.53 Å². The van der Waals surface area contributed by atoms with Crippen LogP contribution < -0.4 is 0 Å². The molecule has 0 saturated heterocycles. The molecule has 1 atom stereocenters. The van der Waals surface area contributed by atoms with Crippen LogP contribution in [0.3, 0.4) is 0 Å². The third kappa shape index (κ3) is 2.13. The van der Waals surface area contributed by atoms with E-state index in [0.29, 0.717) is 6.61 Å². The van der Waals surface area contributed by atoms with Crippen LogP contribution in [-0.2, 0) is 9.53 Å². The van der Waals surface area contributed by atoms with Gasteiger partial charge in [0.05, 0.1) is 12.3 Å². The van der Waals surface area contributed by atoms with Crippen molar-refractivity contribution in [1.29, 1.82) is 0 Å². The number of hydrogen-bond acceptors (Lipinski definition) is 3. The predicted molar refractivity (Wildman–Crippen MR) is 53.0 cm³/mol. The molecule has 1 heterocycles. The lowest BCUT2D eigenvalue weighted by Crippen LogP contribution is -2.21. The molecule has 4 nitrogen and oxygen atoms in total. The molecule has 1 rings (SSSR count). The van der Waals surface area contributed by atoms with Crippen LogP contribution in [0.15, 0.2) is 6.07 Å². The fourth-order valence-corrected chi connectivity index (χ4v) is 1.40. The fourth-order valence-electron chi connectivity index (χ4n) is 1.40. The Kier molecular flexibility index (Phi) is 3.28. The Bertz CT molecular complexity index is 331. The molecule has 0 aliphatic carbocycles. The zero-order valence-corrected chi connectivity index (χ0v) is 9.07. The van der Waals surface area contributed by atoms with Gasteiger partial charge in [0.1, 0.15) is 6.04 Å². The van der Waals surface area contributed by atoms with Gasteiger partial charge in [0.15, 0.2) is 0 Å². The zero-order chi connectivity index (χ0) is 10.7. The summed E-state index contributed by atoms with van der Waals surface area (Å²) in [5.41, 5.74) is 1.89. The van der Waals surface area contributed by atoms with Crippen LogP contribution in [0.2, 0.25) is 0 Å². The van der Waals surface area contributed by atoms with Crippen LogP contribution in [0.4, 0.5) is 0 Å². The predicted octanol–water partition coefficient (Wildman–Crippen LogP) is 1.62. The van der Waals surface area contributed by atoms with Gasteiger partial charge in [-0.2, -0.15) is 5.10 Å². The molecule has 1 aromatic rings. The van der Waals surface area contributed by atoms with E-state index in [4.69, 9.17) is 4.74 Å². The standard InChI is InChI=1S/C10H16N2O2/c1-5-14-10(13)9(4)12-8(3)6-7(2)11-12/h6,9H,5H2,1-4H3/t9-/m1/s1. The highest BCUT2D eigenvalue weighted by Gasteiger charge is 2.18. The molecule has 0 saturated carbocycles. The van der Waals surface area contributed by atoms with E-state index in [1.54, 1.807) is 18.5 Å². The summed E-state index contributed by atoms with van der Waals surface area (Å²) in [7, 11) is 0. The number of carbonyl (C=O) groups is 1. The van der Waals surface area contributed by atoms with Gasteiger partial charge in [-0.05, 0) is 33.8 Å². The number of ether oxygens (including phenoxy) is 1. The fraction of sp³-hybridized carbons (Fsp3) is 0.600. The summed E-state index contributed by atoms with van der Waals surface area (Å²) < 4.78 is 6.61. The molecule has 0 aliphatic heterocycles. The molecular formula is C10H16N2O2. The average Bonchev–Trinajstić information content (AvgIpc) is 2.44. The summed E-state index contributed by atoms with van der Waals surface area (Å²) >= 11 is 0. The molecule has 0 radical (unpaired) electrons. The van der Waals surface area contributed by atoms with Crippen molar-refractivity contribution in [2.24, 2.45) is 0 Å². The molecular weight excluding hydrogens is 180 g/mol. The van der Waals surface area contributed by atoms with Gasteiger partial charge in [-0.15, -0.1) is 0 Å². The monoisotopic (exact) mass is 196 g/mol. The zero-order valence-electron chi connectivity index (χ0n) is 9.07. The van der Waals surface area contributed by atoms with Crippen LogP contribution in [0, 0.1) is 13.8 Å². The Balaban J connectivity index is 2.83. The summed E-state index contributed by atoms with van der Waals surface area (Å²) in [4.78, 5) is 11.4. The number of aromatic nitrogens is 2. The van der Waals surface area contributed by atoms with E-state index in [-0.39, 0.29) is 12.0 Å². The Hall–Kier alpha value is -1.32. The molecule has 0 N–H and O–H groups in total. The second-order valence-corrected chi connectivity index (χ2v) is 3.30. The number of nitrogens with zero attached hydrogens (tertiary/aromatic N) is 2. The summed E-state index contributed by atoms with van der Waals surface area (Å²) in [6, 6.07) is 1.60. The molecule has 0 spiro atoms. The minimum atomic E-state index is -0.344. The third-order valence-corrected chi connectivity index (χ3v) is 2.04. The minimum Gasteiger partial charge on any atom is -0.464 e. The van der Waals surface area contributed by atoms with Crippen LogP contribution >= 0.6 is 0 Å². The van der Waals surface area contributed by atoms with Crippen molar-refractivity contribution in [2.45, 2.75) is 33.7 Å². The van der Waals surface area contributed by atoms with Gasteiger partial charge in [0.25, 0.3) is 0 Å². The quantitative estimate of drug-likeness (QED) is 0.690. The van der Waals surface area contributed by atoms with Crippen LogP contribution in [0.25, 0.3) is 0 Å². The van der Waals surface area contributed by atoms with Crippen molar-refractivity contribution in [3.8, 4) is 0 Å². The lowest BCUT2D eigenvalue weighted by Gasteiger charge is -2.12. The molecule has 4 heteroatoms. The second kappa shape index (κ2) is 4.26. The third-order valence-electron chi connectivity index (χ3n) is 2.04. The van der Waals surface area contributed by atoms with E-state index in [1.165, 1.54) is 0 Å². The number of rotatable bonds is 3. The van der Waals surface area contributed by atoms with Gasteiger partial charge in [0, 0.05) is 5.69 Å². The van der Waals surface area contributed by atoms with E-state index in [9.17, 15) is 4.79 Å². The first kappa shape index (κ1) is 10.8. The lowest BCUT2D eigenvalue weighted by atomic mass is 10.3. The normalized spacial score (nSPS) is 12.6. The Morgan fingerprint density at radius 1 is 1.64 bits per heavy atom. The highest BCUT2D eigenvalue weighted by molar-refractivity contribution is 5.73. The number of carbonyl (C=O) groups excluding carboxylic acids is 1. The smallest absolute Gasteiger partial charge is 0.330 e. The molecule has 0 bridgehead atoms. The van der Waals surface area contributed by atoms with Crippen LogP contribution in [-0.4, -0.2) is 22.4 Å². The first-order chi connectivity index (χ1) is 6.56. The summed E-state index contributed by atoms with van der Waals surface area (Å²) in [5.74, 6) is -0.237. The van der Waals surface area contributed by atoms with E-state index < -0.39 is 0 Å². The van der Waals surface area contributed by atoms with Crippen molar-refractivity contribution in [3.63, 3.8) is 0 Å². The maximum Gasteiger partial charge on any atom is 0.330 e. The minimum absolute atomic E-state index is 0.237. The Morgan fingerprint density at radius 2 is 2.29 bits per heavy atom. The Morgan fingerprint density at radius 3 is 2.71 bits per heavy atom. The van der Waals surface area contributed by atoms with Gasteiger partial charge >= 0.3 is 5.97 Å². The molecule has 1 aromatic heterocycles. The van der Waals surface area contributed by atoms with Crippen molar-refractivity contribution >= 4 is 5.97 Å². The molecule has 0 aliphatic rings. The van der Waals surface area contributed by atoms with Crippen molar-refractivity contribution in [3.05, 3.63) is 17.5 Å².